The Morgan fingerprint density at radius 2 is 1.80 bits per heavy atom. The minimum atomic E-state index is -0.173. The summed E-state index contributed by atoms with van der Waals surface area (Å²) in [6, 6.07) is 11.4. The van der Waals surface area contributed by atoms with E-state index < -0.39 is 0 Å². The maximum Gasteiger partial charge on any atom is 0.266 e. The Bertz CT molecular complexity index is 1420. The summed E-state index contributed by atoms with van der Waals surface area (Å²) < 4.78 is 10.8. The van der Waals surface area contributed by atoms with Gasteiger partial charge in [-0.25, -0.2) is 15.0 Å². The van der Waals surface area contributed by atoms with Crippen molar-refractivity contribution in [2.24, 2.45) is 0 Å². The average molecular weight is 489 g/mol. The summed E-state index contributed by atoms with van der Waals surface area (Å²) in [5.41, 5.74) is 1.55. The predicted molar refractivity (Wildman–Crippen MR) is 136 cm³/mol. The van der Waals surface area contributed by atoms with Gasteiger partial charge in [0.1, 0.15) is 22.3 Å². The van der Waals surface area contributed by atoms with Gasteiger partial charge in [-0.3, -0.25) is 4.79 Å². The van der Waals surface area contributed by atoms with E-state index in [2.05, 4.69) is 25.1 Å². The van der Waals surface area contributed by atoms with E-state index in [1.807, 2.05) is 44.3 Å². The lowest BCUT2D eigenvalue weighted by Gasteiger charge is -2.36. The number of nitrogens with zero attached hydrogens (tertiary/aromatic N) is 5. The number of amides is 1. The van der Waals surface area contributed by atoms with E-state index in [1.165, 1.54) is 11.3 Å². The molecule has 2 aliphatic rings. The molecule has 0 saturated carbocycles. The molecule has 1 saturated heterocycles. The van der Waals surface area contributed by atoms with Gasteiger partial charge >= 0.3 is 0 Å². The highest BCUT2D eigenvalue weighted by atomic mass is 32.1. The largest absolute Gasteiger partial charge is 0.454 e. The Balaban J connectivity index is 1.27. The number of piperazine rings is 1. The van der Waals surface area contributed by atoms with Gasteiger partial charge in [0.25, 0.3) is 5.91 Å². The van der Waals surface area contributed by atoms with Crippen LogP contribution in [0.3, 0.4) is 0 Å². The highest BCUT2D eigenvalue weighted by Crippen LogP contribution is 2.38. The molecule has 3 aromatic heterocycles. The molecule has 178 valence electrons. The third kappa shape index (κ3) is 3.99. The van der Waals surface area contributed by atoms with Crippen molar-refractivity contribution in [3.8, 4) is 11.5 Å². The zero-order valence-electron chi connectivity index (χ0n) is 19.4. The van der Waals surface area contributed by atoms with Gasteiger partial charge < -0.3 is 24.6 Å². The molecule has 1 fully saturated rings. The minimum absolute atomic E-state index is 0.173. The second-order valence-corrected chi connectivity index (χ2v) is 9.51. The van der Waals surface area contributed by atoms with Crippen LogP contribution in [0, 0.1) is 13.8 Å². The number of carbonyl (C=O) groups excluding carboxylic acids is 1. The lowest BCUT2D eigenvalue weighted by Crippen LogP contribution is -2.47. The van der Waals surface area contributed by atoms with Crippen LogP contribution in [0.2, 0.25) is 0 Å². The summed E-state index contributed by atoms with van der Waals surface area (Å²) in [6.45, 7) is 7.39. The van der Waals surface area contributed by atoms with E-state index in [4.69, 9.17) is 14.5 Å². The monoisotopic (exact) mass is 488 g/mol. The minimum Gasteiger partial charge on any atom is -0.454 e. The van der Waals surface area contributed by atoms with Gasteiger partial charge in [0, 0.05) is 44.1 Å². The van der Waals surface area contributed by atoms with Gasteiger partial charge in [0.2, 0.25) is 6.79 Å². The molecule has 1 N–H and O–H groups in total. The van der Waals surface area contributed by atoms with Crippen molar-refractivity contribution in [1.82, 2.24) is 15.0 Å². The van der Waals surface area contributed by atoms with Crippen molar-refractivity contribution < 1.29 is 14.3 Å². The fourth-order valence-corrected chi connectivity index (χ4v) is 5.63. The number of carbonyl (C=O) groups is 1. The highest BCUT2D eigenvalue weighted by Gasteiger charge is 2.26. The number of hydrogen-bond acceptors (Lipinski definition) is 9. The Labute approximate surface area is 206 Å². The van der Waals surface area contributed by atoms with Gasteiger partial charge in [-0.1, -0.05) is 6.07 Å². The van der Waals surface area contributed by atoms with Crippen molar-refractivity contribution >= 4 is 44.8 Å². The molecule has 6 rings (SSSR count). The summed E-state index contributed by atoms with van der Waals surface area (Å²) in [4.78, 5) is 33.2. The Hall–Kier alpha value is -3.92. The van der Waals surface area contributed by atoms with Gasteiger partial charge in [-0.2, -0.15) is 0 Å². The highest BCUT2D eigenvalue weighted by molar-refractivity contribution is 7.20. The molecule has 9 nitrogen and oxygen atoms in total. The third-order valence-corrected chi connectivity index (χ3v) is 7.46. The van der Waals surface area contributed by atoms with Crippen molar-refractivity contribution in [2.75, 3.05) is 48.1 Å². The van der Waals surface area contributed by atoms with Crippen LogP contribution in [0.15, 0.2) is 42.6 Å². The predicted octanol–water partition coefficient (Wildman–Crippen LogP) is 4.01. The molecule has 35 heavy (non-hydrogen) atoms. The summed E-state index contributed by atoms with van der Waals surface area (Å²) in [7, 11) is 0. The molecule has 0 bridgehead atoms. The Kier molecular flexibility index (Phi) is 5.37. The summed E-state index contributed by atoms with van der Waals surface area (Å²) in [5.74, 6) is 3.72. The number of ether oxygens (including phenoxy) is 2. The molecule has 0 unspecified atom stereocenters. The zero-order chi connectivity index (χ0) is 23.9. The average Bonchev–Trinajstić information content (AvgIpc) is 3.48. The fraction of sp³-hybridized carbons (Fsp3) is 0.280. The van der Waals surface area contributed by atoms with Gasteiger partial charge in [-0.05, 0) is 43.7 Å². The smallest absolute Gasteiger partial charge is 0.266 e. The molecular formula is C25H24N6O3S. The number of pyridine rings is 1. The maximum absolute atomic E-state index is 13.2. The maximum atomic E-state index is 13.2. The number of hydrogen-bond donors (Lipinski definition) is 1. The van der Waals surface area contributed by atoms with E-state index in [0.717, 1.165) is 53.6 Å². The quantitative estimate of drug-likeness (QED) is 0.461. The van der Waals surface area contributed by atoms with E-state index in [0.29, 0.717) is 27.9 Å². The van der Waals surface area contributed by atoms with E-state index in [9.17, 15) is 4.79 Å². The Morgan fingerprint density at radius 3 is 2.60 bits per heavy atom. The molecule has 10 heteroatoms. The molecule has 0 radical (unpaired) electrons. The van der Waals surface area contributed by atoms with E-state index >= 15 is 0 Å². The molecule has 1 aromatic carbocycles. The van der Waals surface area contributed by atoms with Crippen LogP contribution < -0.4 is 24.6 Å². The lowest BCUT2D eigenvalue weighted by molar-refractivity contribution is 0.103. The molecule has 5 heterocycles. The normalized spacial score (nSPS) is 15.0. The topological polar surface area (TPSA) is 92.7 Å². The molecule has 2 aliphatic heterocycles. The molecule has 0 atom stereocenters. The number of nitrogens with one attached hydrogen (secondary N) is 1. The van der Waals surface area contributed by atoms with Crippen molar-refractivity contribution in [3.63, 3.8) is 0 Å². The first-order valence-corrected chi connectivity index (χ1v) is 12.3. The SMILES string of the molecule is Cc1nc(N2CCN(c3ccccn3)CC2)c2c(C)c(C(=O)Nc3ccc4c(c3)OCO4)sc2n1. The van der Waals surface area contributed by atoms with Gasteiger partial charge in [0.15, 0.2) is 11.5 Å². The van der Waals surface area contributed by atoms with Crippen LogP contribution in [0.4, 0.5) is 17.3 Å². The summed E-state index contributed by atoms with van der Waals surface area (Å²) in [6.07, 6.45) is 1.82. The van der Waals surface area contributed by atoms with Crippen LogP contribution in [0.25, 0.3) is 10.2 Å². The number of aromatic nitrogens is 3. The summed E-state index contributed by atoms with van der Waals surface area (Å²) in [5, 5.41) is 3.93. The molecule has 4 aromatic rings. The lowest BCUT2D eigenvalue weighted by atomic mass is 10.1. The number of thiophene rings is 1. The van der Waals surface area contributed by atoms with E-state index in [1.54, 1.807) is 12.1 Å². The Morgan fingerprint density at radius 1 is 1.00 bits per heavy atom. The second kappa shape index (κ2) is 8.70. The van der Waals surface area contributed by atoms with Crippen molar-refractivity contribution in [2.45, 2.75) is 13.8 Å². The van der Waals surface area contributed by atoms with Crippen LogP contribution in [0.5, 0.6) is 11.5 Å². The van der Waals surface area contributed by atoms with Crippen molar-refractivity contribution in [3.05, 3.63) is 58.9 Å². The first kappa shape index (κ1) is 21.6. The molecule has 1 amide bonds. The van der Waals surface area contributed by atoms with Gasteiger partial charge in [-0.15, -0.1) is 11.3 Å². The number of anilines is 3. The molecular weight excluding hydrogens is 464 g/mol. The molecule has 0 spiro atoms. The number of aryl methyl sites for hydroxylation is 2. The van der Waals surface area contributed by atoms with E-state index in [-0.39, 0.29) is 12.7 Å². The number of fused-ring (bicyclic) bond motifs is 2. The second-order valence-electron chi connectivity index (χ2n) is 8.51. The van der Waals surface area contributed by atoms with Gasteiger partial charge in [0.05, 0.1) is 10.3 Å². The van der Waals surface area contributed by atoms with Crippen LogP contribution in [-0.4, -0.2) is 53.8 Å². The first-order chi connectivity index (χ1) is 17.1. The van der Waals surface area contributed by atoms with Crippen LogP contribution in [0.1, 0.15) is 21.1 Å². The molecule has 0 aliphatic carbocycles. The number of benzene rings is 1. The summed E-state index contributed by atoms with van der Waals surface area (Å²) >= 11 is 1.40. The third-order valence-electron chi connectivity index (χ3n) is 6.27. The fourth-order valence-electron chi connectivity index (χ4n) is 4.52. The van der Waals surface area contributed by atoms with Crippen molar-refractivity contribution in [1.29, 1.82) is 0 Å². The van der Waals surface area contributed by atoms with Crippen LogP contribution in [-0.2, 0) is 0 Å². The standard InChI is InChI=1S/C25H24N6O3S/c1-15-21-23(31-11-9-30(10-12-31)20-5-3-4-8-26-20)27-16(2)28-25(21)35-22(15)24(32)29-17-6-7-18-19(13-17)34-14-33-18/h3-8,13H,9-12,14H2,1-2H3,(H,29,32). The number of rotatable bonds is 4. The zero-order valence-corrected chi connectivity index (χ0v) is 20.3. The first-order valence-electron chi connectivity index (χ1n) is 11.5. The van der Waals surface area contributed by atoms with Crippen LogP contribution >= 0.6 is 11.3 Å².